The maximum atomic E-state index is 3.97. The SMILES string of the molecule is CC(C)C.c1ccn2ncnc2c1. The molecule has 2 aromatic rings. The van der Waals surface area contributed by atoms with Crippen molar-refractivity contribution in [3.8, 4) is 0 Å². The molecule has 3 heteroatoms. The molecule has 0 N–H and O–H groups in total. The fourth-order valence-corrected chi connectivity index (χ4v) is 0.766. The zero-order chi connectivity index (χ0) is 9.68. The van der Waals surface area contributed by atoms with E-state index in [0.717, 1.165) is 11.6 Å². The van der Waals surface area contributed by atoms with Gasteiger partial charge in [-0.05, 0) is 18.1 Å². The lowest BCUT2D eigenvalue weighted by atomic mass is 10.3. The van der Waals surface area contributed by atoms with Crippen LogP contribution in [0.2, 0.25) is 0 Å². The summed E-state index contributed by atoms with van der Waals surface area (Å²) in [6.45, 7) is 6.50. The third-order valence-electron chi connectivity index (χ3n) is 1.18. The van der Waals surface area contributed by atoms with E-state index in [4.69, 9.17) is 0 Å². The standard InChI is InChI=1S/C6H5N3.C4H10/c1-2-4-9-6(3-1)7-5-8-9;1-4(2)3/h1-5H;4H,1-3H3. The van der Waals surface area contributed by atoms with Gasteiger partial charge in [0.1, 0.15) is 6.33 Å². The maximum absolute atomic E-state index is 3.97. The van der Waals surface area contributed by atoms with Crippen LogP contribution in [0, 0.1) is 5.92 Å². The van der Waals surface area contributed by atoms with Crippen LogP contribution in [-0.2, 0) is 0 Å². The number of rotatable bonds is 0. The topological polar surface area (TPSA) is 30.2 Å². The Kier molecular flexibility index (Phi) is 3.43. The zero-order valence-electron chi connectivity index (χ0n) is 8.31. The molecule has 0 saturated carbocycles. The molecule has 0 bridgehead atoms. The Labute approximate surface area is 78.4 Å². The first kappa shape index (κ1) is 9.71. The maximum Gasteiger partial charge on any atom is 0.155 e. The molecule has 0 saturated heterocycles. The zero-order valence-corrected chi connectivity index (χ0v) is 8.31. The lowest BCUT2D eigenvalue weighted by Gasteiger charge is -1.84. The Balaban J connectivity index is 0.000000184. The molecule has 3 nitrogen and oxygen atoms in total. The van der Waals surface area contributed by atoms with Crippen LogP contribution in [0.25, 0.3) is 5.65 Å². The van der Waals surface area contributed by atoms with Crippen molar-refractivity contribution in [1.82, 2.24) is 14.6 Å². The van der Waals surface area contributed by atoms with Crippen molar-refractivity contribution in [2.75, 3.05) is 0 Å². The summed E-state index contributed by atoms with van der Waals surface area (Å²) < 4.78 is 1.72. The van der Waals surface area contributed by atoms with Gasteiger partial charge in [-0.15, -0.1) is 0 Å². The van der Waals surface area contributed by atoms with Gasteiger partial charge in [-0.1, -0.05) is 26.8 Å². The van der Waals surface area contributed by atoms with Gasteiger partial charge in [0.2, 0.25) is 0 Å². The van der Waals surface area contributed by atoms with Gasteiger partial charge in [0, 0.05) is 6.20 Å². The van der Waals surface area contributed by atoms with Crippen molar-refractivity contribution in [2.45, 2.75) is 20.8 Å². The van der Waals surface area contributed by atoms with Crippen molar-refractivity contribution in [1.29, 1.82) is 0 Å². The molecule has 0 atom stereocenters. The summed E-state index contributed by atoms with van der Waals surface area (Å²) >= 11 is 0. The van der Waals surface area contributed by atoms with E-state index in [0.29, 0.717) is 0 Å². The predicted octanol–water partition coefficient (Wildman–Crippen LogP) is 2.39. The lowest BCUT2D eigenvalue weighted by Crippen LogP contribution is -1.82. The normalized spacial score (nSPS) is 9.85. The van der Waals surface area contributed by atoms with Crippen molar-refractivity contribution in [2.24, 2.45) is 5.92 Å². The average Bonchev–Trinajstić information content (AvgIpc) is 2.49. The first-order chi connectivity index (χ1) is 6.20. The molecule has 0 fully saturated rings. The summed E-state index contributed by atoms with van der Waals surface area (Å²) in [6.07, 6.45) is 3.40. The molecule has 2 aromatic heterocycles. The highest BCUT2D eigenvalue weighted by Crippen LogP contribution is 1.93. The summed E-state index contributed by atoms with van der Waals surface area (Å²) in [7, 11) is 0. The van der Waals surface area contributed by atoms with E-state index in [-0.39, 0.29) is 0 Å². The molecule has 0 aliphatic rings. The van der Waals surface area contributed by atoms with Crippen LogP contribution in [0.1, 0.15) is 20.8 Å². The van der Waals surface area contributed by atoms with E-state index in [1.807, 2.05) is 24.4 Å². The Hall–Kier alpha value is -1.38. The second-order valence-electron chi connectivity index (χ2n) is 3.50. The molecule has 13 heavy (non-hydrogen) atoms. The Morgan fingerprint density at radius 1 is 1.23 bits per heavy atom. The molecule has 0 unspecified atom stereocenters. The fraction of sp³-hybridized carbons (Fsp3) is 0.400. The van der Waals surface area contributed by atoms with Gasteiger partial charge in [-0.3, -0.25) is 0 Å². The van der Waals surface area contributed by atoms with Crippen LogP contribution in [0.4, 0.5) is 0 Å². The van der Waals surface area contributed by atoms with Crippen LogP contribution >= 0.6 is 0 Å². The lowest BCUT2D eigenvalue weighted by molar-refractivity contribution is 0.737. The Morgan fingerprint density at radius 3 is 2.54 bits per heavy atom. The van der Waals surface area contributed by atoms with Crippen LogP contribution in [-0.4, -0.2) is 14.6 Å². The van der Waals surface area contributed by atoms with Gasteiger partial charge in [0.15, 0.2) is 5.65 Å². The number of pyridine rings is 1. The predicted molar refractivity (Wildman–Crippen MR) is 53.5 cm³/mol. The molecule has 2 heterocycles. The van der Waals surface area contributed by atoms with Gasteiger partial charge < -0.3 is 0 Å². The summed E-state index contributed by atoms with van der Waals surface area (Å²) in [5.41, 5.74) is 0.887. The van der Waals surface area contributed by atoms with Gasteiger partial charge in [0.05, 0.1) is 0 Å². The summed E-state index contributed by atoms with van der Waals surface area (Å²) in [6, 6.07) is 5.76. The average molecular weight is 177 g/mol. The van der Waals surface area contributed by atoms with Gasteiger partial charge >= 0.3 is 0 Å². The highest BCUT2D eigenvalue weighted by molar-refractivity contribution is 5.34. The summed E-state index contributed by atoms with van der Waals surface area (Å²) in [5.74, 6) is 0.833. The van der Waals surface area contributed by atoms with Crippen LogP contribution in [0.5, 0.6) is 0 Å². The molecule has 0 amide bonds. The Morgan fingerprint density at radius 2 is 1.92 bits per heavy atom. The van der Waals surface area contributed by atoms with Gasteiger partial charge in [-0.2, -0.15) is 5.10 Å². The van der Waals surface area contributed by atoms with Gasteiger partial charge in [0.25, 0.3) is 0 Å². The van der Waals surface area contributed by atoms with Crippen LogP contribution in [0.15, 0.2) is 30.7 Å². The van der Waals surface area contributed by atoms with Crippen molar-refractivity contribution in [3.05, 3.63) is 30.7 Å². The van der Waals surface area contributed by atoms with E-state index in [1.54, 1.807) is 4.52 Å². The first-order valence-electron chi connectivity index (χ1n) is 4.44. The number of hydrogen-bond donors (Lipinski definition) is 0. The molecule has 0 aliphatic heterocycles. The third-order valence-corrected chi connectivity index (χ3v) is 1.18. The number of fused-ring (bicyclic) bond motifs is 1. The second kappa shape index (κ2) is 4.60. The summed E-state index contributed by atoms with van der Waals surface area (Å²) in [5, 5.41) is 3.92. The van der Waals surface area contributed by atoms with E-state index in [1.165, 1.54) is 6.33 Å². The van der Waals surface area contributed by atoms with Crippen molar-refractivity contribution < 1.29 is 0 Å². The quantitative estimate of drug-likeness (QED) is 0.618. The fourth-order valence-electron chi connectivity index (χ4n) is 0.766. The molecular weight excluding hydrogens is 162 g/mol. The molecular formula is C10H15N3. The minimum absolute atomic E-state index is 0.833. The van der Waals surface area contributed by atoms with E-state index in [2.05, 4.69) is 30.9 Å². The number of aromatic nitrogens is 3. The molecule has 2 rings (SSSR count). The Bertz CT molecular complexity index is 319. The van der Waals surface area contributed by atoms with Crippen molar-refractivity contribution >= 4 is 5.65 Å². The highest BCUT2D eigenvalue weighted by atomic mass is 15.3. The second-order valence-corrected chi connectivity index (χ2v) is 3.50. The summed E-state index contributed by atoms with van der Waals surface area (Å²) in [4.78, 5) is 3.97. The number of hydrogen-bond acceptors (Lipinski definition) is 2. The van der Waals surface area contributed by atoms with E-state index >= 15 is 0 Å². The van der Waals surface area contributed by atoms with Crippen LogP contribution < -0.4 is 0 Å². The third kappa shape index (κ3) is 3.23. The molecule has 0 spiro atoms. The van der Waals surface area contributed by atoms with Gasteiger partial charge in [-0.25, -0.2) is 9.50 Å². The van der Waals surface area contributed by atoms with Crippen molar-refractivity contribution in [3.63, 3.8) is 0 Å². The molecule has 0 aliphatic carbocycles. The largest absolute Gasteiger partial charge is 0.221 e. The molecule has 0 aromatic carbocycles. The monoisotopic (exact) mass is 177 g/mol. The minimum atomic E-state index is 0.833. The van der Waals surface area contributed by atoms with E-state index in [9.17, 15) is 0 Å². The highest BCUT2D eigenvalue weighted by Gasteiger charge is 1.86. The van der Waals surface area contributed by atoms with Crippen LogP contribution in [0.3, 0.4) is 0 Å². The first-order valence-corrected chi connectivity index (χ1v) is 4.44. The molecule has 0 radical (unpaired) electrons. The smallest absolute Gasteiger partial charge is 0.155 e. The molecule has 70 valence electrons. The number of nitrogens with zero attached hydrogens (tertiary/aromatic N) is 3. The van der Waals surface area contributed by atoms with E-state index < -0.39 is 0 Å². The minimum Gasteiger partial charge on any atom is -0.221 e.